The average molecular weight is 340 g/mol. The van der Waals surface area contributed by atoms with Crippen molar-refractivity contribution < 1.29 is 9.53 Å². The fourth-order valence-electron chi connectivity index (χ4n) is 2.42. The molecule has 3 nitrogen and oxygen atoms in total. The molecule has 1 aromatic carbocycles. The van der Waals surface area contributed by atoms with Crippen LogP contribution < -0.4 is 4.84 Å². The number of carbonyl (C=O) groups excluding carboxylic acids is 1. The van der Waals surface area contributed by atoms with Crippen LogP contribution in [0.15, 0.2) is 41.4 Å². The lowest BCUT2D eigenvalue weighted by atomic mass is 9.97. The van der Waals surface area contributed by atoms with Crippen LogP contribution in [0.25, 0.3) is 5.57 Å². The second-order valence-electron chi connectivity index (χ2n) is 5.28. The number of methoxy groups -OCH3 is 1. The van der Waals surface area contributed by atoms with Crippen molar-refractivity contribution in [2.24, 2.45) is 0 Å². The highest BCUT2D eigenvalue weighted by Gasteiger charge is 2.14. The van der Waals surface area contributed by atoms with Gasteiger partial charge in [0.05, 0.1) is 13.5 Å². The Bertz CT molecular complexity index is 579. The minimum absolute atomic E-state index is 0.150. The summed E-state index contributed by atoms with van der Waals surface area (Å²) in [6, 6.07) is 8.08. The summed E-state index contributed by atoms with van der Waals surface area (Å²) in [5.74, 6) is -0.276. The monoisotopic (exact) mass is 339 g/mol. The average Bonchev–Trinajstić information content (AvgIpc) is 2.54. The fourth-order valence-corrected chi connectivity index (χ4v) is 2.80. The molecule has 0 saturated heterocycles. The minimum atomic E-state index is -0.276. The molecule has 0 bridgehead atoms. The first-order valence-electron chi connectivity index (χ1n) is 7.21. The van der Waals surface area contributed by atoms with Crippen LogP contribution >= 0.6 is 23.4 Å². The number of carbonyl (C=O) groups is 1. The molecule has 1 aliphatic rings. The first kappa shape index (κ1) is 17.1. The molecule has 1 atom stereocenters. The Hall–Kier alpha value is -1.29. The topological polar surface area (TPSA) is 38.3 Å². The number of halogens is 2. The normalized spacial score (nSPS) is 15.8. The molecule has 0 heterocycles. The highest BCUT2D eigenvalue weighted by Crippen LogP contribution is 2.27. The number of hydrogen-bond acceptors (Lipinski definition) is 3. The van der Waals surface area contributed by atoms with E-state index in [4.69, 9.17) is 23.4 Å². The molecule has 1 N–H and O–H groups in total. The molecule has 0 radical (unpaired) electrons. The van der Waals surface area contributed by atoms with Gasteiger partial charge in [0.2, 0.25) is 0 Å². The highest BCUT2D eigenvalue weighted by molar-refractivity contribution is 6.30. The predicted octanol–water partition coefficient (Wildman–Crippen LogP) is 4.20. The van der Waals surface area contributed by atoms with Gasteiger partial charge in [-0.25, -0.2) is 4.84 Å². The van der Waals surface area contributed by atoms with Crippen LogP contribution in [0, 0.1) is 0 Å². The van der Waals surface area contributed by atoms with Crippen molar-refractivity contribution in [3.8, 4) is 0 Å². The Balaban J connectivity index is 2.02. The van der Waals surface area contributed by atoms with Gasteiger partial charge in [-0.05, 0) is 53.8 Å². The molecule has 5 heteroatoms. The first-order valence-corrected chi connectivity index (χ1v) is 7.96. The lowest BCUT2D eigenvalue weighted by molar-refractivity contribution is -0.141. The van der Waals surface area contributed by atoms with Gasteiger partial charge in [0.15, 0.2) is 0 Å². The molecule has 0 fully saturated rings. The van der Waals surface area contributed by atoms with Crippen LogP contribution in [-0.4, -0.2) is 19.1 Å². The molecular formula is C17H19Cl2NO2. The summed E-state index contributed by atoms with van der Waals surface area (Å²) in [7, 11) is 1.37. The van der Waals surface area contributed by atoms with Crippen LogP contribution in [0.3, 0.4) is 0 Å². The van der Waals surface area contributed by atoms with Gasteiger partial charge >= 0.3 is 5.97 Å². The van der Waals surface area contributed by atoms with Gasteiger partial charge in [-0.1, -0.05) is 41.9 Å². The van der Waals surface area contributed by atoms with Gasteiger partial charge in [-0.2, -0.15) is 0 Å². The number of benzene rings is 1. The van der Waals surface area contributed by atoms with Crippen molar-refractivity contribution in [1.29, 1.82) is 0 Å². The zero-order valence-corrected chi connectivity index (χ0v) is 14.0. The number of allylic oxidation sites excluding steroid dienone is 4. The number of ether oxygens (including phenoxy) is 1. The zero-order chi connectivity index (χ0) is 15.9. The summed E-state index contributed by atoms with van der Waals surface area (Å²) in [5, 5.41) is 0.894. The van der Waals surface area contributed by atoms with Gasteiger partial charge in [0.25, 0.3) is 0 Å². The summed E-state index contributed by atoms with van der Waals surface area (Å²) in [4.78, 5) is 13.9. The van der Waals surface area contributed by atoms with E-state index in [0.717, 1.165) is 34.6 Å². The molecule has 0 aliphatic heterocycles. The molecule has 2 rings (SSSR count). The largest absolute Gasteiger partial charge is 0.469 e. The van der Waals surface area contributed by atoms with E-state index in [2.05, 4.69) is 27.8 Å². The van der Waals surface area contributed by atoms with Crippen molar-refractivity contribution in [3.63, 3.8) is 0 Å². The van der Waals surface area contributed by atoms with Crippen molar-refractivity contribution in [2.45, 2.75) is 31.7 Å². The van der Waals surface area contributed by atoms with Crippen LogP contribution in [-0.2, 0) is 16.0 Å². The van der Waals surface area contributed by atoms with Crippen molar-refractivity contribution in [2.75, 3.05) is 7.11 Å². The van der Waals surface area contributed by atoms with Gasteiger partial charge < -0.3 is 4.74 Å². The Labute approximate surface area is 141 Å². The lowest BCUT2D eigenvalue weighted by Crippen LogP contribution is -2.27. The van der Waals surface area contributed by atoms with E-state index in [9.17, 15) is 4.79 Å². The molecule has 0 saturated carbocycles. The molecule has 0 aromatic heterocycles. The molecule has 0 amide bonds. The second-order valence-corrected chi connectivity index (χ2v) is 5.98. The SMILES string of the molecule is COC(=O)CC(Cc1ccc(C2=CCCC(Cl)=C2)cc1)NCl. The van der Waals surface area contributed by atoms with E-state index in [1.165, 1.54) is 7.11 Å². The first-order chi connectivity index (χ1) is 10.6. The van der Waals surface area contributed by atoms with Crippen LogP contribution in [0.2, 0.25) is 0 Å². The third kappa shape index (κ3) is 4.87. The summed E-state index contributed by atoms with van der Waals surface area (Å²) in [5.41, 5.74) is 3.41. The second kappa shape index (κ2) is 8.37. The molecule has 1 aromatic rings. The number of rotatable bonds is 6. The minimum Gasteiger partial charge on any atom is -0.469 e. The fraction of sp³-hybridized carbons (Fsp3) is 0.353. The molecular weight excluding hydrogens is 321 g/mol. The van der Waals surface area contributed by atoms with Gasteiger partial charge in [0.1, 0.15) is 0 Å². The maximum Gasteiger partial charge on any atom is 0.307 e. The summed E-state index contributed by atoms with van der Waals surface area (Å²) in [6.07, 6.45) is 7.00. The Kier molecular flexibility index (Phi) is 6.49. The van der Waals surface area contributed by atoms with Crippen LogP contribution in [0.5, 0.6) is 0 Å². The number of nitrogens with one attached hydrogen (secondary N) is 1. The van der Waals surface area contributed by atoms with Crippen molar-refractivity contribution in [3.05, 3.63) is 52.6 Å². The van der Waals surface area contributed by atoms with Crippen LogP contribution in [0.1, 0.15) is 30.4 Å². The van der Waals surface area contributed by atoms with E-state index in [1.807, 2.05) is 18.2 Å². The van der Waals surface area contributed by atoms with Gasteiger partial charge in [-0.15, -0.1) is 0 Å². The standard InChI is InChI=1S/C17H19Cl2NO2/c1-22-17(21)11-16(20-19)9-12-5-7-13(8-6-12)14-3-2-4-15(18)10-14/h3,5-8,10,16,20H,2,4,9,11H2,1H3. The lowest BCUT2D eigenvalue weighted by Gasteiger charge is -2.14. The predicted molar refractivity (Wildman–Crippen MR) is 90.7 cm³/mol. The number of hydrogen-bond donors (Lipinski definition) is 1. The van der Waals surface area contributed by atoms with Crippen molar-refractivity contribution >= 4 is 34.9 Å². The van der Waals surface area contributed by atoms with Gasteiger partial charge in [0, 0.05) is 11.1 Å². The Morgan fingerprint density at radius 1 is 1.36 bits per heavy atom. The van der Waals surface area contributed by atoms with E-state index < -0.39 is 0 Å². The van der Waals surface area contributed by atoms with Crippen LogP contribution in [0.4, 0.5) is 0 Å². The number of esters is 1. The maximum atomic E-state index is 11.3. The molecule has 1 aliphatic carbocycles. The molecule has 118 valence electrons. The van der Waals surface area contributed by atoms with E-state index in [0.29, 0.717) is 6.42 Å². The third-order valence-corrected chi connectivity index (χ3v) is 4.23. The van der Waals surface area contributed by atoms with E-state index >= 15 is 0 Å². The van der Waals surface area contributed by atoms with E-state index in [-0.39, 0.29) is 18.4 Å². The van der Waals surface area contributed by atoms with E-state index in [1.54, 1.807) is 0 Å². The summed E-state index contributed by atoms with van der Waals surface area (Å²) in [6.45, 7) is 0. The zero-order valence-electron chi connectivity index (χ0n) is 12.4. The maximum absolute atomic E-state index is 11.3. The Morgan fingerprint density at radius 2 is 2.09 bits per heavy atom. The molecule has 0 spiro atoms. The highest BCUT2D eigenvalue weighted by atomic mass is 35.5. The third-order valence-electron chi connectivity index (χ3n) is 3.62. The molecule has 1 unspecified atom stereocenters. The molecule has 22 heavy (non-hydrogen) atoms. The smallest absolute Gasteiger partial charge is 0.307 e. The quantitative estimate of drug-likeness (QED) is 0.623. The summed E-state index contributed by atoms with van der Waals surface area (Å²) < 4.78 is 4.66. The Morgan fingerprint density at radius 3 is 2.68 bits per heavy atom. The van der Waals surface area contributed by atoms with Crippen molar-refractivity contribution in [1.82, 2.24) is 4.84 Å². The van der Waals surface area contributed by atoms with Gasteiger partial charge in [-0.3, -0.25) is 4.79 Å². The summed E-state index contributed by atoms with van der Waals surface area (Å²) >= 11 is 11.8.